The van der Waals surface area contributed by atoms with Crippen LogP contribution in [-0.4, -0.2) is 50.6 Å². The van der Waals surface area contributed by atoms with Gasteiger partial charge in [-0.05, 0) is 23.8 Å². The van der Waals surface area contributed by atoms with E-state index in [2.05, 4.69) is 57.3 Å². The Labute approximate surface area is 198 Å². The van der Waals surface area contributed by atoms with Crippen LogP contribution in [0, 0.1) is 11.8 Å². The summed E-state index contributed by atoms with van der Waals surface area (Å²) in [6.07, 6.45) is 0.118. The Balaban J connectivity index is 0.000000406. The minimum atomic E-state index is -5.08. The molecule has 34 heavy (non-hydrogen) atoms. The molecule has 6 nitrogen and oxygen atoms in total. The number of carboxylic acids is 1. The van der Waals surface area contributed by atoms with Crippen molar-refractivity contribution in [1.29, 1.82) is 0 Å². The SMILES string of the molecule is O=C(O)C(F)(F)F.OCC#Cc1ccc(CN2CCc3[nH]nc(C=Cc4ccccc4)c3C2)s1. The predicted molar refractivity (Wildman–Crippen MR) is 124 cm³/mol. The zero-order valence-corrected chi connectivity index (χ0v) is 18.8. The van der Waals surface area contributed by atoms with Crippen molar-refractivity contribution in [3.63, 3.8) is 0 Å². The molecule has 0 unspecified atom stereocenters. The monoisotopic (exact) mass is 489 g/mol. The molecule has 0 radical (unpaired) electrons. The van der Waals surface area contributed by atoms with Gasteiger partial charge in [-0.15, -0.1) is 11.3 Å². The van der Waals surface area contributed by atoms with Crippen LogP contribution in [0.25, 0.3) is 12.2 Å². The summed E-state index contributed by atoms with van der Waals surface area (Å²) in [7, 11) is 0. The van der Waals surface area contributed by atoms with E-state index in [0.29, 0.717) is 0 Å². The van der Waals surface area contributed by atoms with E-state index >= 15 is 0 Å². The number of hydrogen-bond acceptors (Lipinski definition) is 5. The van der Waals surface area contributed by atoms with Crippen LogP contribution >= 0.6 is 11.3 Å². The summed E-state index contributed by atoms with van der Waals surface area (Å²) >= 11 is 1.70. The second-order valence-electron chi connectivity index (χ2n) is 7.30. The van der Waals surface area contributed by atoms with E-state index in [1.165, 1.54) is 21.7 Å². The van der Waals surface area contributed by atoms with Crippen molar-refractivity contribution in [1.82, 2.24) is 15.1 Å². The maximum Gasteiger partial charge on any atom is 0.490 e. The Morgan fingerprint density at radius 3 is 2.62 bits per heavy atom. The van der Waals surface area contributed by atoms with Crippen LogP contribution in [0.2, 0.25) is 0 Å². The summed E-state index contributed by atoms with van der Waals surface area (Å²) in [4.78, 5) is 13.6. The molecule has 4 rings (SSSR count). The molecular formula is C24H22F3N3O3S. The zero-order chi connectivity index (χ0) is 24.6. The molecule has 1 aromatic carbocycles. The van der Waals surface area contributed by atoms with Crippen LogP contribution in [0.3, 0.4) is 0 Å². The summed E-state index contributed by atoms with van der Waals surface area (Å²) in [5.41, 5.74) is 4.75. The summed E-state index contributed by atoms with van der Waals surface area (Å²) < 4.78 is 31.7. The highest BCUT2D eigenvalue weighted by Gasteiger charge is 2.38. The molecule has 0 fully saturated rings. The Morgan fingerprint density at radius 2 is 1.94 bits per heavy atom. The number of fused-ring (bicyclic) bond motifs is 1. The van der Waals surface area contributed by atoms with E-state index in [9.17, 15) is 13.2 Å². The van der Waals surface area contributed by atoms with E-state index in [1.807, 2.05) is 24.3 Å². The van der Waals surface area contributed by atoms with Crippen molar-refractivity contribution >= 4 is 29.5 Å². The fourth-order valence-electron chi connectivity index (χ4n) is 3.26. The highest BCUT2D eigenvalue weighted by atomic mass is 32.1. The first kappa shape index (κ1) is 25.2. The molecule has 1 aliphatic heterocycles. The van der Waals surface area contributed by atoms with Gasteiger partial charge in [0.1, 0.15) is 6.61 Å². The van der Waals surface area contributed by atoms with Crippen molar-refractivity contribution in [2.75, 3.05) is 13.2 Å². The van der Waals surface area contributed by atoms with Gasteiger partial charge >= 0.3 is 12.1 Å². The van der Waals surface area contributed by atoms with Crippen molar-refractivity contribution in [2.24, 2.45) is 0 Å². The van der Waals surface area contributed by atoms with Crippen LogP contribution in [0.4, 0.5) is 13.2 Å². The quantitative estimate of drug-likeness (QED) is 0.479. The Kier molecular flexibility index (Phi) is 8.65. The lowest BCUT2D eigenvalue weighted by Gasteiger charge is -2.26. The maximum atomic E-state index is 10.6. The third kappa shape index (κ3) is 7.31. The van der Waals surface area contributed by atoms with Crippen LogP contribution in [-0.2, 0) is 24.3 Å². The first-order chi connectivity index (χ1) is 16.3. The van der Waals surface area contributed by atoms with Gasteiger partial charge in [0, 0.05) is 42.2 Å². The summed E-state index contributed by atoms with van der Waals surface area (Å²) in [6.45, 7) is 2.74. The highest BCUT2D eigenvalue weighted by Crippen LogP contribution is 2.25. The smallest absolute Gasteiger partial charge is 0.475 e. The summed E-state index contributed by atoms with van der Waals surface area (Å²) in [5.74, 6) is 2.93. The molecule has 0 saturated carbocycles. The number of aromatic nitrogens is 2. The topological polar surface area (TPSA) is 89.5 Å². The van der Waals surface area contributed by atoms with Gasteiger partial charge in [0.25, 0.3) is 0 Å². The van der Waals surface area contributed by atoms with E-state index < -0.39 is 12.1 Å². The summed E-state index contributed by atoms with van der Waals surface area (Å²) in [5, 5.41) is 23.7. The number of H-pyrrole nitrogens is 1. The number of benzene rings is 1. The Morgan fingerprint density at radius 1 is 1.21 bits per heavy atom. The Hall–Kier alpha value is -3.39. The van der Waals surface area contributed by atoms with Gasteiger partial charge in [-0.1, -0.05) is 48.2 Å². The number of nitrogens with zero attached hydrogens (tertiary/aromatic N) is 2. The summed E-state index contributed by atoms with van der Waals surface area (Å²) in [6, 6.07) is 14.5. The number of alkyl halides is 3. The van der Waals surface area contributed by atoms with Gasteiger partial charge in [0.05, 0.1) is 10.6 Å². The van der Waals surface area contributed by atoms with Crippen LogP contribution in [0.15, 0.2) is 42.5 Å². The Bertz CT molecular complexity index is 1190. The fraction of sp³-hybridized carbons (Fsp3) is 0.250. The van der Waals surface area contributed by atoms with E-state index in [-0.39, 0.29) is 6.61 Å². The fourth-order valence-corrected chi connectivity index (χ4v) is 4.19. The lowest BCUT2D eigenvalue weighted by molar-refractivity contribution is -0.192. The van der Waals surface area contributed by atoms with E-state index in [4.69, 9.17) is 15.0 Å². The number of aliphatic hydroxyl groups is 1. The number of aromatic amines is 1. The molecule has 2 aromatic heterocycles. The van der Waals surface area contributed by atoms with Crippen molar-refractivity contribution in [3.8, 4) is 11.8 Å². The number of thiophene rings is 1. The van der Waals surface area contributed by atoms with Gasteiger partial charge in [-0.25, -0.2) is 4.79 Å². The minimum absolute atomic E-state index is 0.0953. The first-order valence-electron chi connectivity index (χ1n) is 10.3. The number of carboxylic acid groups (broad SMARTS) is 1. The molecule has 3 aromatic rings. The third-order valence-corrected chi connectivity index (χ3v) is 5.84. The van der Waals surface area contributed by atoms with Gasteiger partial charge in [-0.2, -0.15) is 18.3 Å². The van der Waals surface area contributed by atoms with Crippen LogP contribution < -0.4 is 0 Å². The van der Waals surface area contributed by atoms with E-state index in [1.54, 1.807) is 11.3 Å². The van der Waals surface area contributed by atoms with Gasteiger partial charge < -0.3 is 10.2 Å². The molecule has 3 N–H and O–H groups in total. The normalized spacial score (nSPS) is 13.5. The number of hydrogen-bond donors (Lipinski definition) is 3. The number of aliphatic carboxylic acids is 1. The molecule has 178 valence electrons. The lowest BCUT2D eigenvalue weighted by atomic mass is 10.0. The molecule has 0 bridgehead atoms. The molecule has 0 amide bonds. The molecule has 3 heterocycles. The number of carbonyl (C=O) groups is 1. The number of halogens is 3. The van der Waals surface area contributed by atoms with E-state index in [0.717, 1.165) is 36.6 Å². The lowest BCUT2D eigenvalue weighted by Crippen LogP contribution is -2.29. The highest BCUT2D eigenvalue weighted by molar-refractivity contribution is 7.12. The average molecular weight is 490 g/mol. The molecular weight excluding hydrogens is 467 g/mol. The molecule has 1 aliphatic rings. The van der Waals surface area contributed by atoms with Gasteiger partial charge in [-0.3, -0.25) is 10.00 Å². The van der Waals surface area contributed by atoms with Crippen molar-refractivity contribution < 1.29 is 28.2 Å². The molecule has 0 spiro atoms. The van der Waals surface area contributed by atoms with Crippen LogP contribution in [0.1, 0.15) is 32.3 Å². The maximum absolute atomic E-state index is 10.6. The average Bonchev–Trinajstić information content (AvgIpc) is 3.43. The van der Waals surface area contributed by atoms with Gasteiger partial charge in [0.15, 0.2) is 0 Å². The van der Waals surface area contributed by atoms with Crippen LogP contribution in [0.5, 0.6) is 0 Å². The van der Waals surface area contributed by atoms with Crippen molar-refractivity contribution in [3.05, 3.63) is 74.7 Å². The van der Waals surface area contributed by atoms with Gasteiger partial charge in [0.2, 0.25) is 0 Å². The molecule has 0 atom stereocenters. The number of nitrogens with one attached hydrogen (secondary N) is 1. The van der Waals surface area contributed by atoms with Crippen molar-refractivity contribution in [2.45, 2.75) is 25.7 Å². The molecule has 0 saturated heterocycles. The third-order valence-electron chi connectivity index (χ3n) is 4.85. The first-order valence-corrected chi connectivity index (χ1v) is 11.1. The second kappa shape index (κ2) is 11.7. The predicted octanol–water partition coefficient (Wildman–Crippen LogP) is 4.18. The number of aliphatic hydroxyl groups excluding tert-OH is 1. The minimum Gasteiger partial charge on any atom is -0.475 e. The number of rotatable bonds is 4. The molecule has 10 heteroatoms. The molecule has 0 aliphatic carbocycles. The largest absolute Gasteiger partial charge is 0.490 e. The zero-order valence-electron chi connectivity index (χ0n) is 18.0. The standard InChI is InChI=1S/C22H21N3OS.C2HF3O2/c26-14-4-7-18-9-10-19(27-18)15-25-13-12-22-20(16-25)21(23-24-22)11-8-17-5-2-1-3-6-17;3-2(4,5)1(6)7/h1-3,5-6,8-11,26H,12-16H2,(H,23,24);(H,6,7). The second-order valence-corrected chi connectivity index (χ2v) is 8.47.